The lowest BCUT2D eigenvalue weighted by Crippen LogP contribution is -2.32. The van der Waals surface area contributed by atoms with Gasteiger partial charge >= 0.3 is 18.3 Å². The Bertz CT molecular complexity index is 2090. The second-order valence-electron chi connectivity index (χ2n) is 11.8. The Kier molecular flexibility index (Phi) is 14.1. The predicted molar refractivity (Wildman–Crippen MR) is 190 cm³/mol. The normalized spacial score (nSPS) is 11.2. The van der Waals surface area contributed by atoms with Crippen LogP contribution in [0.3, 0.4) is 0 Å². The second kappa shape index (κ2) is 18.7. The van der Waals surface area contributed by atoms with E-state index in [-0.39, 0.29) is 31.8 Å². The number of amides is 2. The number of nitrogens with zero attached hydrogens (tertiary/aromatic N) is 1. The van der Waals surface area contributed by atoms with Crippen LogP contribution in [-0.4, -0.2) is 29.1 Å². The number of anilines is 1. The number of carboxylic acid groups (broad SMARTS) is 1. The van der Waals surface area contributed by atoms with Gasteiger partial charge in [-0.25, -0.2) is 9.18 Å². The van der Waals surface area contributed by atoms with Crippen LogP contribution in [0.1, 0.15) is 35.1 Å². The van der Waals surface area contributed by atoms with Gasteiger partial charge in [0.2, 0.25) is 11.8 Å². The van der Waals surface area contributed by atoms with Crippen LogP contribution < -0.4 is 20.7 Å². The Morgan fingerprint density at radius 3 is 2.04 bits per heavy atom. The largest absolute Gasteiger partial charge is 0.490 e. The fourth-order valence-electron chi connectivity index (χ4n) is 5.08. The minimum Gasteiger partial charge on any atom is -0.475 e. The van der Waals surface area contributed by atoms with Crippen molar-refractivity contribution >= 4 is 23.5 Å². The molecule has 0 aliphatic heterocycles. The summed E-state index contributed by atoms with van der Waals surface area (Å²) in [5.74, 6) is -3.06. The van der Waals surface area contributed by atoms with Gasteiger partial charge in [0.05, 0.1) is 17.8 Å². The summed E-state index contributed by atoms with van der Waals surface area (Å²) < 4.78 is 91.8. The third kappa shape index (κ3) is 12.4. The Morgan fingerprint density at radius 1 is 0.727 bits per heavy atom. The lowest BCUT2D eigenvalue weighted by atomic mass is 10.0. The quantitative estimate of drug-likeness (QED) is 0.109. The molecule has 0 radical (unpaired) electrons. The van der Waals surface area contributed by atoms with Gasteiger partial charge in [0.1, 0.15) is 11.6 Å². The minimum absolute atomic E-state index is 0.0137. The van der Waals surface area contributed by atoms with Gasteiger partial charge in [-0.2, -0.15) is 26.3 Å². The Balaban J connectivity index is 0.000000876. The van der Waals surface area contributed by atoms with Crippen molar-refractivity contribution in [1.82, 2.24) is 5.32 Å². The van der Waals surface area contributed by atoms with E-state index in [9.17, 15) is 40.3 Å². The van der Waals surface area contributed by atoms with Crippen molar-refractivity contribution in [3.05, 3.63) is 149 Å². The molecule has 15 heteroatoms. The van der Waals surface area contributed by atoms with E-state index >= 15 is 0 Å². The number of nitrogens with one attached hydrogen (secondary N) is 1. The number of nitrogens with two attached hydrogens (primary N) is 1. The molecule has 5 aromatic rings. The zero-order valence-electron chi connectivity index (χ0n) is 28.8. The van der Waals surface area contributed by atoms with Gasteiger partial charge in [0, 0.05) is 31.5 Å². The SMILES string of the molecule is NCc1cccc(Oc2ccccc2N(Cc2ccc(-c3cccc(C(F)(F)F)c3)cc2)C(=O)CCC(=O)NCc2ccccc2F)c1.O=C(O)C(F)(F)F. The van der Waals surface area contributed by atoms with E-state index in [4.69, 9.17) is 20.4 Å². The number of ether oxygens (including phenoxy) is 1. The van der Waals surface area contributed by atoms with E-state index in [0.717, 1.165) is 17.7 Å². The van der Waals surface area contributed by atoms with Gasteiger partial charge in [-0.05, 0) is 64.7 Å². The molecule has 0 spiro atoms. The van der Waals surface area contributed by atoms with Crippen molar-refractivity contribution in [2.75, 3.05) is 4.90 Å². The number of carbonyl (C=O) groups excluding carboxylic acids is 2. The summed E-state index contributed by atoms with van der Waals surface area (Å²) in [5.41, 5.74) is 8.39. The summed E-state index contributed by atoms with van der Waals surface area (Å²) in [4.78, 5) is 36.9. The summed E-state index contributed by atoms with van der Waals surface area (Å²) in [6.45, 7) is 0.390. The molecule has 0 heterocycles. The molecule has 2 amide bonds. The van der Waals surface area contributed by atoms with Crippen LogP contribution in [0, 0.1) is 5.82 Å². The standard InChI is InChI=1S/C38H33F4N3O3.C2HF3O2/c39-33-12-2-1-8-30(33)24-44-36(46)19-20-37(47)45(34-13-3-4-14-35(34)48-32-11-5-7-27(21-32)23-43)25-26-15-17-28(18-16-26)29-9-6-10-31(22-29)38(40,41)42;3-2(4,5)1(6)7/h1-18,21-22H,19-20,23-25,43H2,(H,44,46);(H,6,7). The predicted octanol–water partition coefficient (Wildman–Crippen LogP) is 9.03. The molecule has 0 aliphatic rings. The van der Waals surface area contributed by atoms with E-state index < -0.39 is 35.6 Å². The molecule has 4 N–H and O–H groups in total. The molecule has 55 heavy (non-hydrogen) atoms. The van der Waals surface area contributed by atoms with Crippen LogP contribution in [0.15, 0.2) is 121 Å². The number of carbonyl (C=O) groups is 3. The zero-order valence-corrected chi connectivity index (χ0v) is 28.8. The van der Waals surface area contributed by atoms with Gasteiger partial charge in [0.25, 0.3) is 0 Å². The number of benzene rings is 5. The van der Waals surface area contributed by atoms with Crippen molar-refractivity contribution in [2.45, 2.75) is 44.8 Å². The zero-order chi connectivity index (χ0) is 40.2. The van der Waals surface area contributed by atoms with Crippen LogP contribution in [-0.2, 0) is 40.2 Å². The Morgan fingerprint density at radius 2 is 1.38 bits per heavy atom. The van der Waals surface area contributed by atoms with E-state index in [2.05, 4.69) is 5.32 Å². The van der Waals surface area contributed by atoms with Crippen molar-refractivity contribution in [3.8, 4) is 22.6 Å². The maximum atomic E-state index is 14.0. The van der Waals surface area contributed by atoms with Crippen molar-refractivity contribution in [3.63, 3.8) is 0 Å². The average molecular weight is 770 g/mol. The van der Waals surface area contributed by atoms with Gasteiger partial charge in [-0.3, -0.25) is 9.59 Å². The fourth-order valence-corrected chi connectivity index (χ4v) is 5.08. The molecule has 0 fully saturated rings. The number of aliphatic carboxylic acids is 1. The van der Waals surface area contributed by atoms with Crippen LogP contribution in [0.25, 0.3) is 11.1 Å². The molecule has 288 valence electrons. The third-order valence-corrected chi connectivity index (χ3v) is 7.88. The molecule has 5 aromatic carbocycles. The number of carboxylic acids is 1. The highest BCUT2D eigenvalue weighted by Gasteiger charge is 2.38. The van der Waals surface area contributed by atoms with Gasteiger partial charge < -0.3 is 25.8 Å². The van der Waals surface area contributed by atoms with Crippen molar-refractivity contribution in [1.29, 1.82) is 0 Å². The first-order valence-electron chi connectivity index (χ1n) is 16.5. The third-order valence-electron chi connectivity index (χ3n) is 7.88. The summed E-state index contributed by atoms with van der Waals surface area (Å²) in [7, 11) is 0. The molecule has 0 bridgehead atoms. The summed E-state index contributed by atoms with van der Waals surface area (Å²) in [5, 5.41) is 9.78. The number of alkyl halides is 6. The molecular formula is C40H34F7N3O5. The number of halogens is 7. The smallest absolute Gasteiger partial charge is 0.475 e. The second-order valence-corrected chi connectivity index (χ2v) is 11.8. The highest BCUT2D eigenvalue weighted by molar-refractivity contribution is 5.96. The molecule has 0 atom stereocenters. The number of hydrogen-bond donors (Lipinski definition) is 3. The van der Waals surface area contributed by atoms with Crippen molar-refractivity contribution in [2.24, 2.45) is 5.73 Å². The number of para-hydroxylation sites is 2. The fraction of sp³-hybridized carbons (Fsp3) is 0.175. The van der Waals surface area contributed by atoms with Crippen LogP contribution >= 0.6 is 0 Å². The molecule has 0 saturated carbocycles. The molecule has 0 saturated heterocycles. The first-order valence-corrected chi connectivity index (χ1v) is 16.5. The van der Waals surface area contributed by atoms with Gasteiger partial charge in [0.15, 0.2) is 5.75 Å². The van der Waals surface area contributed by atoms with E-state index in [1.807, 2.05) is 12.1 Å². The van der Waals surface area contributed by atoms with Gasteiger partial charge in [-0.15, -0.1) is 0 Å². The summed E-state index contributed by atoms with van der Waals surface area (Å²) in [6, 6.07) is 32.3. The molecule has 0 unspecified atom stereocenters. The summed E-state index contributed by atoms with van der Waals surface area (Å²) >= 11 is 0. The van der Waals surface area contributed by atoms with Crippen LogP contribution in [0.4, 0.5) is 36.4 Å². The van der Waals surface area contributed by atoms with E-state index in [1.165, 1.54) is 17.0 Å². The lowest BCUT2D eigenvalue weighted by molar-refractivity contribution is -0.192. The van der Waals surface area contributed by atoms with E-state index in [1.54, 1.807) is 84.9 Å². The van der Waals surface area contributed by atoms with Crippen molar-refractivity contribution < 1.29 is 55.0 Å². The first-order chi connectivity index (χ1) is 26.0. The molecule has 0 aromatic heterocycles. The average Bonchev–Trinajstić information content (AvgIpc) is 3.16. The highest BCUT2D eigenvalue weighted by atomic mass is 19.4. The monoisotopic (exact) mass is 769 g/mol. The maximum Gasteiger partial charge on any atom is 0.490 e. The first kappa shape index (κ1) is 41.5. The summed E-state index contributed by atoms with van der Waals surface area (Å²) in [6.07, 6.45) is -9.84. The highest BCUT2D eigenvalue weighted by Crippen LogP contribution is 2.35. The molecule has 5 rings (SSSR count). The Hall–Kier alpha value is -6.22. The van der Waals surface area contributed by atoms with Crippen LogP contribution in [0.5, 0.6) is 11.5 Å². The Labute approximate surface area is 311 Å². The molecule has 0 aliphatic carbocycles. The maximum absolute atomic E-state index is 14.0. The van der Waals surface area contributed by atoms with Gasteiger partial charge in [-0.1, -0.05) is 78.9 Å². The molecule has 8 nitrogen and oxygen atoms in total. The number of hydrogen-bond acceptors (Lipinski definition) is 5. The van der Waals surface area contributed by atoms with Crippen LogP contribution in [0.2, 0.25) is 0 Å². The van der Waals surface area contributed by atoms with E-state index in [0.29, 0.717) is 46.0 Å². The topological polar surface area (TPSA) is 122 Å². The lowest BCUT2D eigenvalue weighted by Gasteiger charge is -2.25. The minimum atomic E-state index is -5.08. The number of rotatable bonds is 12. The molecular weight excluding hydrogens is 735 g/mol.